The van der Waals surface area contributed by atoms with E-state index in [1.165, 1.54) is 0 Å². The number of anilines is 1. The average molecular weight is 588 g/mol. The minimum atomic E-state index is -0.717. The van der Waals surface area contributed by atoms with E-state index in [0.29, 0.717) is 16.8 Å². The molecule has 3 aromatic carbocycles. The van der Waals surface area contributed by atoms with Gasteiger partial charge in [-0.3, -0.25) is 19.5 Å². The number of carbonyl (C=O) groups excluding carboxylic acids is 2. The first-order valence-corrected chi connectivity index (χ1v) is 15.0. The van der Waals surface area contributed by atoms with E-state index in [0.717, 1.165) is 72.0 Å². The van der Waals surface area contributed by atoms with Crippen LogP contribution < -0.4 is 5.32 Å². The first kappa shape index (κ1) is 29.4. The third kappa shape index (κ3) is 6.18. The molecular weight excluding hydrogens is 550 g/mol. The summed E-state index contributed by atoms with van der Waals surface area (Å²) in [7, 11) is 0. The second-order valence-electron chi connectivity index (χ2n) is 12.3. The van der Waals surface area contributed by atoms with Crippen LogP contribution in [0.4, 0.5) is 5.82 Å². The smallest absolute Gasteiger partial charge is 0.297 e. The molecule has 3 heterocycles. The normalized spacial score (nSPS) is 14.1. The van der Waals surface area contributed by atoms with E-state index in [4.69, 9.17) is 14.8 Å². The molecule has 1 aliphatic heterocycles. The van der Waals surface area contributed by atoms with E-state index >= 15 is 0 Å². The van der Waals surface area contributed by atoms with Gasteiger partial charge in [-0.25, -0.2) is 4.68 Å². The summed E-state index contributed by atoms with van der Waals surface area (Å²) in [6.45, 7) is 12.3. The summed E-state index contributed by atoms with van der Waals surface area (Å²) in [6, 6.07) is 25.1. The third-order valence-corrected chi connectivity index (χ3v) is 8.00. The number of ketones is 1. The van der Waals surface area contributed by atoms with Crippen molar-refractivity contribution in [2.24, 2.45) is 0 Å². The van der Waals surface area contributed by atoms with Gasteiger partial charge in [-0.15, -0.1) is 0 Å². The molecule has 1 N–H and O–H groups in total. The molecule has 2 aromatic heterocycles. The topological polar surface area (TPSA) is 89.4 Å². The van der Waals surface area contributed by atoms with Crippen LogP contribution in [0.15, 0.2) is 85.1 Å². The van der Waals surface area contributed by atoms with Crippen LogP contribution in [-0.2, 0) is 21.5 Å². The molecule has 0 saturated carbocycles. The number of rotatable bonds is 7. The maximum absolute atomic E-state index is 13.7. The number of Topliss-reactive ketones (excluding diaryl/α,β-unsaturated/α-hetero) is 1. The lowest BCUT2D eigenvalue weighted by atomic mass is 9.92. The van der Waals surface area contributed by atoms with Gasteiger partial charge in [-0.1, -0.05) is 74.9 Å². The van der Waals surface area contributed by atoms with E-state index in [9.17, 15) is 9.59 Å². The van der Waals surface area contributed by atoms with Crippen LogP contribution in [0.3, 0.4) is 0 Å². The van der Waals surface area contributed by atoms with E-state index in [-0.39, 0.29) is 5.41 Å². The largest absolute Gasteiger partial charge is 0.379 e. The standard InChI is InChI=1S/C36H37N5O3/c1-24-9-13-27(14-10-24)41-33(21-32(39-41)36(2,3)4)38-35(43)34(42)31-16-15-28(29-7-5-6-8-30(29)31)25-11-12-26(37-22-25)23-40-17-19-44-20-18-40/h5-16,21-22H,17-20,23H2,1-4H3,(H,38,43). The predicted molar refractivity (Wildman–Crippen MR) is 173 cm³/mol. The lowest BCUT2D eigenvalue weighted by Crippen LogP contribution is -2.35. The second kappa shape index (κ2) is 12.1. The predicted octanol–water partition coefficient (Wildman–Crippen LogP) is 6.35. The van der Waals surface area contributed by atoms with Gasteiger partial charge in [0.2, 0.25) is 0 Å². The number of nitrogens with zero attached hydrogens (tertiary/aromatic N) is 4. The average Bonchev–Trinajstić information content (AvgIpc) is 3.46. The van der Waals surface area contributed by atoms with Crippen molar-refractivity contribution in [1.29, 1.82) is 0 Å². The van der Waals surface area contributed by atoms with Crippen LogP contribution in [0, 0.1) is 6.92 Å². The fraction of sp³-hybridized carbons (Fsp3) is 0.278. The highest BCUT2D eigenvalue weighted by atomic mass is 16.5. The molecule has 1 saturated heterocycles. The molecular formula is C36H37N5O3. The third-order valence-electron chi connectivity index (χ3n) is 8.00. The Hall–Kier alpha value is -4.66. The maximum atomic E-state index is 13.7. The Bertz CT molecular complexity index is 1810. The van der Waals surface area contributed by atoms with Crippen molar-refractivity contribution >= 4 is 28.3 Å². The Kier molecular flexibility index (Phi) is 8.12. The molecule has 0 unspecified atom stereocenters. The second-order valence-corrected chi connectivity index (χ2v) is 12.3. The number of carbonyl (C=O) groups is 2. The first-order chi connectivity index (χ1) is 21.2. The van der Waals surface area contributed by atoms with Gasteiger partial charge in [0.05, 0.1) is 30.3 Å². The molecule has 224 valence electrons. The Morgan fingerprint density at radius 3 is 2.32 bits per heavy atom. The molecule has 0 radical (unpaired) electrons. The lowest BCUT2D eigenvalue weighted by Gasteiger charge is -2.26. The monoisotopic (exact) mass is 587 g/mol. The summed E-state index contributed by atoms with van der Waals surface area (Å²) in [5, 5.41) is 9.23. The molecule has 0 aliphatic carbocycles. The highest BCUT2D eigenvalue weighted by molar-refractivity contribution is 6.48. The number of fused-ring (bicyclic) bond motifs is 1. The molecule has 1 amide bonds. The number of benzene rings is 3. The van der Waals surface area contributed by atoms with Crippen LogP contribution in [0.25, 0.3) is 27.6 Å². The van der Waals surface area contributed by atoms with Crippen molar-refractivity contribution in [2.75, 3.05) is 31.6 Å². The first-order valence-electron chi connectivity index (χ1n) is 15.0. The molecule has 6 rings (SSSR count). The van der Waals surface area contributed by atoms with Crippen molar-refractivity contribution in [3.63, 3.8) is 0 Å². The number of ether oxygens (including phenoxy) is 1. The minimum Gasteiger partial charge on any atom is -0.379 e. The highest BCUT2D eigenvalue weighted by Gasteiger charge is 2.25. The van der Waals surface area contributed by atoms with E-state index in [2.05, 4.69) is 43.1 Å². The van der Waals surface area contributed by atoms with Crippen LogP contribution >= 0.6 is 0 Å². The summed E-state index contributed by atoms with van der Waals surface area (Å²) < 4.78 is 7.13. The SMILES string of the molecule is Cc1ccc(-n2nc(C(C)(C)C)cc2NC(=O)C(=O)c2ccc(-c3ccc(CN4CCOCC4)nc3)c3ccccc23)cc1. The fourth-order valence-electron chi connectivity index (χ4n) is 5.43. The molecule has 0 spiro atoms. The molecule has 0 bridgehead atoms. The zero-order valence-corrected chi connectivity index (χ0v) is 25.6. The van der Waals surface area contributed by atoms with E-state index < -0.39 is 11.7 Å². The summed E-state index contributed by atoms with van der Waals surface area (Å²) in [5.74, 6) is -0.882. The van der Waals surface area contributed by atoms with Gasteiger partial charge in [-0.2, -0.15) is 5.10 Å². The summed E-state index contributed by atoms with van der Waals surface area (Å²) >= 11 is 0. The van der Waals surface area contributed by atoms with Gasteiger partial charge in [-0.05, 0) is 47.5 Å². The van der Waals surface area contributed by atoms with Crippen molar-refractivity contribution in [3.05, 3.63) is 108 Å². The number of nitrogens with one attached hydrogen (secondary N) is 1. The van der Waals surface area contributed by atoms with Crippen molar-refractivity contribution in [3.8, 4) is 16.8 Å². The highest BCUT2D eigenvalue weighted by Crippen LogP contribution is 2.32. The number of pyridine rings is 1. The van der Waals surface area contributed by atoms with Crippen LogP contribution in [-0.4, -0.2) is 57.7 Å². The molecule has 1 fully saturated rings. The molecule has 5 aromatic rings. The van der Waals surface area contributed by atoms with Gasteiger partial charge < -0.3 is 10.1 Å². The number of aryl methyl sites for hydroxylation is 1. The Morgan fingerprint density at radius 2 is 1.64 bits per heavy atom. The lowest BCUT2D eigenvalue weighted by molar-refractivity contribution is -0.112. The van der Waals surface area contributed by atoms with Gasteiger partial charge in [0, 0.05) is 48.4 Å². The minimum absolute atomic E-state index is 0.249. The summed E-state index contributed by atoms with van der Waals surface area (Å²) in [6.07, 6.45) is 1.88. The van der Waals surface area contributed by atoms with E-state index in [1.807, 2.05) is 73.8 Å². The van der Waals surface area contributed by atoms with Crippen molar-refractivity contribution < 1.29 is 14.3 Å². The molecule has 44 heavy (non-hydrogen) atoms. The van der Waals surface area contributed by atoms with Crippen molar-refractivity contribution in [2.45, 2.75) is 39.7 Å². The number of hydrogen-bond donors (Lipinski definition) is 1. The zero-order chi connectivity index (χ0) is 30.8. The Labute approximate surface area is 257 Å². The van der Waals surface area contributed by atoms with Crippen LogP contribution in [0.1, 0.15) is 48.1 Å². The number of hydrogen-bond acceptors (Lipinski definition) is 6. The van der Waals surface area contributed by atoms with Gasteiger partial charge >= 0.3 is 0 Å². The molecule has 1 aliphatic rings. The van der Waals surface area contributed by atoms with Gasteiger partial charge in [0.25, 0.3) is 11.7 Å². The summed E-state index contributed by atoms with van der Waals surface area (Å²) in [4.78, 5) is 34.2. The maximum Gasteiger partial charge on any atom is 0.297 e. The van der Waals surface area contributed by atoms with Crippen LogP contribution in [0.5, 0.6) is 0 Å². The van der Waals surface area contributed by atoms with E-state index in [1.54, 1.807) is 10.7 Å². The Morgan fingerprint density at radius 1 is 0.909 bits per heavy atom. The van der Waals surface area contributed by atoms with Crippen LogP contribution in [0.2, 0.25) is 0 Å². The zero-order valence-electron chi connectivity index (χ0n) is 25.6. The number of aromatic nitrogens is 3. The number of amides is 1. The molecule has 8 heteroatoms. The fourth-order valence-corrected chi connectivity index (χ4v) is 5.43. The van der Waals surface area contributed by atoms with Gasteiger partial charge in [0.15, 0.2) is 0 Å². The Balaban J connectivity index is 1.28. The molecule has 0 atom stereocenters. The molecule has 8 nitrogen and oxygen atoms in total. The quantitative estimate of drug-likeness (QED) is 0.176. The number of morpholine rings is 1. The van der Waals surface area contributed by atoms with Gasteiger partial charge in [0.1, 0.15) is 5.82 Å². The van der Waals surface area contributed by atoms with Crippen molar-refractivity contribution in [1.82, 2.24) is 19.7 Å². The summed E-state index contributed by atoms with van der Waals surface area (Å²) in [5.41, 5.74) is 5.73.